The smallest absolute Gasteiger partial charge is 0.176 e. The van der Waals surface area contributed by atoms with E-state index >= 15 is 0 Å². The second kappa shape index (κ2) is 6.79. The van der Waals surface area contributed by atoms with E-state index in [1.54, 1.807) is 30.3 Å². The van der Waals surface area contributed by atoms with Gasteiger partial charge in [0.1, 0.15) is 18.2 Å². The highest BCUT2D eigenvalue weighted by Gasteiger charge is 2.23. The van der Waals surface area contributed by atoms with E-state index in [0.717, 1.165) is 5.56 Å². The number of thioether (sulfide) groups is 1. The Morgan fingerprint density at radius 1 is 1.17 bits per heavy atom. The third-order valence-electron chi connectivity index (χ3n) is 3.38. The second-order valence-electron chi connectivity index (χ2n) is 5.05. The van der Waals surface area contributed by atoms with E-state index < -0.39 is 0 Å². The molecular weight excluding hydrogens is 313 g/mol. The number of benzene rings is 2. The van der Waals surface area contributed by atoms with E-state index in [4.69, 9.17) is 10.1 Å². The first-order valence-electron chi connectivity index (χ1n) is 7.09. The summed E-state index contributed by atoms with van der Waals surface area (Å²) in [6, 6.07) is 13.7. The van der Waals surface area contributed by atoms with Gasteiger partial charge < -0.3 is 4.74 Å². The van der Waals surface area contributed by atoms with Crippen molar-refractivity contribution in [2.24, 2.45) is 0 Å². The third-order valence-corrected chi connectivity index (χ3v) is 4.33. The molecule has 1 saturated heterocycles. The molecule has 1 N–H and O–H groups in total. The third kappa shape index (κ3) is 3.68. The molecule has 116 valence electrons. The Hall–Kier alpha value is -2.40. The predicted molar refractivity (Wildman–Crippen MR) is 90.1 cm³/mol. The lowest BCUT2D eigenvalue weighted by atomic mass is 10.1. The van der Waals surface area contributed by atoms with Crippen molar-refractivity contribution >= 4 is 28.7 Å². The van der Waals surface area contributed by atoms with Gasteiger partial charge >= 0.3 is 0 Å². The summed E-state index contributed by atoms with van der Waals surface area (Å²) < 4.78 is 19.4. The Morgan fingerprint density at radius 3 is 2.65 bits per heavy atom. The lowest BCUT2D eigenvalue weighted by Crippen LogP contribution is -1.99. The Bertz CT molecular complexity index is 801. The molecule has 3 nitrogen and oxygen atoms in total. The van der Waals surface area contributed by atoms with Crippen LogP contribution in [0.5, 0.6) is 5.75 Å². The molecule has 0 spiro atoms. The largest absolute Gasteiger partial charge is 0.488 e. The lowest BCUT2D eigenvalue weighted by molar-refractivity contribution is -0.113. The fourth-order valence-corrected chi connectivity index (χ4v) is 3.05. The molecular formula is C18H14FNO2S. The summed E-state index contributed by atoms with van der Waals surface area (Å²) in [7, 11) is 0. The van der Waals surface area contributed by atoms with E-state index in [1.807, 2.05) is 18.2 Å². The van der Waals surface area contributed by atoms with Crippen LogP contribution in [0.1, 0.15) is 17.5 Å². The summed E-state index contributed by atoms with van der Waals surface area (Å²) in [6.45, 7) is 0.115. The quantitative estimate of drug-likeness (QED) is 0.845. The predicted octanol–water partition coefficient (Wildman–Crippen LogP) is 4.43. The van der Waals surface area contributed by atoms with Crippen LogP contribution >= 0.6 is 11.8 Å². The molecule has 2 aromatic carbocycles. The molecule has 23 heavy (non-hydrogen) atoms. The maximum Gasteiger partial charge on any atom is 0.176 e. The van der Waals surface area contributed by atoms with Gasteiger partial charge in [-0.1, -0.05) is 48.2 Å². The molecule has 3 rings (SSSR count). The molecule has 1 aliphatic rings. The van der Waals surface area contributed by atoms with Gasteiger partial charge in [0.2, 0.25) is 0 Å². The molecule has 1 aliphatic heterocycles. The number of carbonyl (C=O) groups is 1. The number of hydrogen-bond donors (Lipinski definition) is 1. The SMILES string of the molecule is N=C1CC(=O)C(=Cc2ccccc2OCc2ccccc2F)S1. The Kier molecular flexibility index (Phi) is 4.57. The Balaban J connectivity index is 1.81. The van der Waals surface area contributed by atoms with Gasteiger partial charge in [-0.05, 0) is 18.2 Å². The number of rotatable bonds is 4. The van der Waals surface area contributed by atoms with Crippen LogP contribution in [0.3, 0.4) is 0 Å². The second-order valence-corrected chi connectivity index (χ2v) is 6.19. The average molecular weight is 327 g/mol. The number of para-hydroxylation sites is 1. The number of nitrogens with one attached hydrogen (secondary N) is 1. The van der Waals surface area contributed by atoms with Crippen LogP contribution in [-0.4, -0.2) is 10.8 Å². The summed E-state index contributed by atoms with van der Waals surface area (Å²) in [5.74, 6) is 0.220. The number of Topliss-reactive ketones (excluding diaryl/α,β-unsaturated/α-hetero) is 1. The maximum absolute atomic E-state index is 13.7. The zero-order valence-electron chi connectivity index (χ0n) is 12.2. The van der Waals surface area contributed by atoms with Crippen LogP contribution in [0.2, 0.25) is 0 Å². The van der Waals surface area contributed by atoms with Crippen LogP contribution in [0.4, 0.5) is 4.39 Å². The highest BCUT2D eigenvalue weighted by Crippen LogP contribution is 2.33. The monoisotopic (exact) mass is 327 g/mol. The van der Waals surface area contributed by atoms with Gasteiger partial charge in [0.25, 0.3) is 0 Å². The molecule has 0 bridgehead atoms. The highest BCUT2D eigenvalue weighted by atomic mass is 32.2. The van der Waals surface area contributed by atoms with Gasteiger partial charge in [-0.2, -0.15) is 0 Å². The minimum absolute atomic E-state index is 0.0519. The summed E-state index contributed by atoms with van der Waals surface area (Å²) in [5, 5.41) is 7.93. The van der Waals surface area contributed by atoms with Gasteiger partial charge in [0, 0.05) is 11.1 Å². The Labute approximate surface area is 137 Å². The summed E-state index contributed by atoms with van der Waals surface area (Å²) >= 11 is 1.17. The number of ether oxygens (including phenoxy) is 1. The zero-order valence-corrected chi connectivity index (χ0v) is 13.0. The molecule has 0 atom stereocenters. The number of halogens is 1. The fourth-order valence-electron chi connectivity index (χ4n) is 2.21. The van der Waals surface area contributed by atoms with Crippen molar-refractivity contribution in [3.05, 3.63) is 70.4 Å². The van der Waals surface area contributed by atoms with Crippen molar-refractivity contribution in [2.75, 3.05) is 0 Å². The average Bonchev–Trinajstić information content (AvgIpc) is 2.85. The summed E-state index contributed by atoms with van der Waals surface area (Å²) in [5.41, 5.74) is 1.22. The normalized spacial score (nSPS) is 16.1. The van der Waals surface area contributed by atoms with Crippen molar-refractivity contribution in [1.82, 2.24) is 0 Å². The van der Waals surface area contributed by atoms with Crippen LogP contribution in [0.15, 0.2) is 53.4 Å². The first-order valence-corrected chi connectivity index (χ1v) is 7.90. The van der Waals surface area contributed by atoms with Crippen LogP contribution in [0, 0.1) is 11.2 Å². The van der Waals surface area contributed by atoms with Crippen molar-refractivity contribution < 1.29 is 13.9 Å². The molecule has 0 aromatic heterocycles. The number of hydrogen-bond acceptors (Lipinski definition) is 4. The minimum atomic E-state index is -0.307. The van der Waals surface area contributed by atoms with Crippen LogP contribution in [-0.2, 0) is 11.4 Å². The van der Waals surface area contributed by atoms with E-state index in [2.05, 4.69) is 0 Å². The maximum atomic E-state index is 13.7. The van der Waals surface area contributed by atoms with E-state index in [1.165, 1.54) is 17.8 Å². The van der Waals surface area contributed by atoms with Crippen LogP contribution in [0.25, 0.3) is 6.08 Å². The molecule has 0 saturated carbocycles. The standard InChI is InChI=1S/C18H14FNO2S/c19-14-7-3-1-6-13(14)11-22-16-8-4-2-5-12(16)9-17-15(21)10-18(20)23-17/h1-9,20H,10-11H2. The molecule has 0 amide bonds. The lowest BCUT2D eigenvalue weighted by Gasteiger charge is -2.10. The van der Waals surface area contributed by atoms with Gasteiger partial charge in [-0.3, -0.25) is 10.2 Å². The number of allylic oxidation sites excluding steroid dienone is 1. The number of carbonyl (C=O) groups excluding carboxylic acids is 1. The summed E-state index contributed by atoms with van der Waals surface area (Å²) in [4.78, 5) is 12.3. The van der Waals surface area contributed by atoms with Gasteiger partial charge in [0.05, 0.1) is 16.4 Å². The van der Waals surface area contributed by atoms with Crippen molar-refractivity contribution in [1.29, 1.82) is 5.41 Å². The van der Waals surface area contributed by atoms with E-state index in [9.17, 15) is 9.18 Å². The van der Waals surface area contributed by atoms with E-state index in [-0.39, 0.29) is 24.6 Å². The Morgan fingerprint density at radius 2 is 1.91 bits per heavy atom. The fraction of sp³-hybridized carbons (Fsp3) is 0.111. The van der Waals surface area contributed by atoms with Crippen molar-refractivity contribution in [3.8, 4) is 5.75 Å². The van der Waals surface area contributed by atoms with Gasteiger partial charge in [-0.15, -0.1) is 0 Å². The molecule has 0 aliphatic carbocycles. The molecule has 5 heteroatoms. The topological polar surface area (TPSA) is 50.2 Å². The van der Waals surface area contributed by atoms with E-state index in [0.29, 0.717) is 21.3 Å². The van der Waals surface area contributed by atoms with Gasteiger partial charge in [0.15, 0.2) is 5.78 Å². The van der Waals surface area contributed by atoms with Gasteiger partial charge in [-0.25, -0.2) is 4.39 Å². The highest BCUT2D eigenvalue weighted by molar-refractivity contribution is 8.18. The molecule has 0 unspecified atom stereocenters. The zero-order chi connectivity index (χ0) is 16.2. The van der Waals surface area contributed by atoms with Crippen molar-refractivity contribution in [3.63, 3.8) is 0 Å². The molecule has 0 radical (unpaired) electrons. The van der Waals surface area contributed by atoms with Crippen LogP contribution < -0.4 is 4.74 Å². The molecule has 1 heterocycles. The van der Waals surface area contributed by atoms with Crippen molar-refractivity contribution in [2.45, 2.75) is 13.0 Å². The minimum Gasteiger partial charge on any atom is -0.488 e. The molecule has 1 fully saturated rings. The summed E-state index contributed by atoms with van der Waals surface area (Å²) in [6.07, 6.45) is 1.89. The molecule has 2 aromatic rings. The first-order chi connectivity index (χ1) is 11.1. The first kappa shape index (κ1) is 15.5. The number of ketones is 1.